The Morgan fingerprint density at radius 3 is 2.80 bits per heavy atom. The fourth-order valence-corrected chi connectivity index (χ4v) is 1.57. The van der Waals surface area contributed by atoms with E-state index in [4.69, 9.17) is 0 Å². The van der Waals surface area contributed by atoms with Gasteiger partial charge in [-0.05, 0) is 38.5 Å². The topological polar surface area (TPSA) is 29.1 Å². The van der Waals surface area contributed by atoms with Crippen LogP contribution in [0.4, 0.5) is 5.69 Å². The van der Waals surface area contributed by atoms with E-state index in [-0.39, 0.29) is 5.78 Å². The number of carbonyl (C=O) groups is 1. The number of hydrogen-bond donors (Lipinski definition) is 1. The second kappa shape index (κ2) is 5.35. The molecular formula is C13H17NO. The van der Waals surface area contributed by atoms with Crippen LogP contribution in [0.2, 0.25) is 0 Å². The SMILES string of the molecule is CC=CC(=O)c1c(C)cccc1NCC. The first-order valence-electron chi connectivity index (χ1n) is 5.21. The molecule has 2 heteroatoms. The molecule has 1 aromatic rings. The molecule has 1 rings (SSSR count). The Balaban J connectivity index is 3.17. The van der Waals surface area contributed by atoms with Gasteiger partial charge in [-0.3, -0.25) is 4.79 Å². The molecule has 0 atom stereocenters. The van der Waals surface area contributed by atoms with Crippen LogP contribution in [0.1, 0.15) is 29.8 Å². The lowest BCUT2D eigenvalue weighted by molar-refractivity contribution is 0.104. The summed E-state index contributed by atoms with van der Waals surface area (Å²) >= 11 is 0. The van der Waals surface area contributed by atoms with Crippen LogP contribution in [0, 0.1) is 6.92 Å². The molecule has 0 heterocycles. The average molecular weight is 203 g/mol. The highest BCUT2D eigenvalue weighted by Crippen LogP contribution is 2.20. The number of benzene rings is 1. The highest BCUT2D eigenvalue weighted by atomic mass is 16.1. The molecule has 0 spiro atoms. The molecule has 0 aliphatic heterocycles. The van der Waals surface area contributed by atoms with Crippen molar-refractivity contribution in [2.75, 3.05) is 11.9 Å². The monoisotopic (exact) mass is 203 g/mol. The number of ketones is 1. The second-order valence-corrected chi connectivity index (χ2v) is 3.39. The molecule has 0 saturated heterocycles. The summed E-state index contributed by atoms with van der Waals surface area (Å²) in [4.78, 5) is 11.8. The predicted octanol–water partition coefficient (Wildman–Crippen LogP) is 3.19. The Hall–Kier alpha value is -1.57. The van der Waals surface area contributed by atoms with Crippen molar-refractivity contribution in [1.82, 2.24) is 0 Å². The van der Waals surface area contributed by atoms with Crippen LogP contribution in [0.25, 0.3) is 0 Å². The van der Waals surface area contributed by atoms with Crippen molar-refractivity contribution in [3.8, 4) is 0 Å². The standard InChI is InChI=1S/C13H17NO/c1-4-7-12(15)13-10(3)8-6-9-11(13)14-5-2/h4,6-9,14H,5H2,1-3H3. The zero-order valence-electron chi connectivity index (χ0n) is 9.50. The Morgan fingerprint density at radius 1 is 1.47 bits per heavy atom. The molecule has 80 valence electrons. The maximum absolute atomic E-state index is 11.8. The van der Waals surface area contributed by atoms with E-state index >= 15 is 0 Å². The van der Waals surface area contributed by atoms with Gasteiger partial charge in [0.2, 0.25) is 0 Å². The number of anilines is 1. The third-order valence-electron chi connectivity index (χ3n) is 2.20. The Kier molecular flexibility index (Phi) is 4.10. The highest BCUT2D eigenvalue weighted by Gasteiger charge is 2.10. The van der Waals surface area contributed by atoms with E-state index in [2.05, 4.69) is 5.32 Å². The number of nitrogens with one attached hydrogen (secondary N) is 1. The summed E-state index contributed by atoms with van der Waals surface area (Å²) in [6.45, 7) is 6.65. The minimum absolute atomic E-state index is 0.0616. The smallest absolute Gasteiger partial charge is 0.187 e. The molecule has 0 aliphatic carbocycles. The van der Waals surface area contributed by atoms with Gasteiger partial charge in [-0.25, -0.2) is 0 Å². The maximum Gasteiger partial charge on any atom is 0.187 e. The van der Waals surface area contributed by atoms with E-state index in [1.807, 2.05) is 39.0 Å². The van der Waals surface area contributed by atoms with E-state index in [1.165, 1.54) is 0 Å². The zero-order valence-corrected chi connectivity index (χ0v) is 9.50. The van der Waals surface area contributed by atoms with Crippen molar-refractivity contribution >= 4 is 11.5 Å². The summed E-state index contributed by atoms with van der Waals surface area (Å²) in [7, 11) is 0. The Bertz CT molecular complexity index is 380. The first-order valence-corrected chi connectivity index (χ1v) is 5.21. The van der Waals surface area contributed by atoms with Crippen molar-refractivity contribution < 1.29 is 4.79 Å². The molecule has 0 aromatic heterocycles. The van der Waals surface area contributed by atoms with Crippen LogP contribution in [-0.2, 0) is 0 Å². The molecule has 0 radical (unpaired) electrons. The van der Waals surface area contributed by atoms with Crippen molar-refractivity contribution in [1.29, 1.82) is 0 Å². The molecule has 2 nitrogen and oxygen atoms in total. The van der Waals surface area contributed by atoms with Crippen LogP contribution in [0.5, 0.6) is 0 Å². The third-order valence-corrected chi connectivity index (χ3v) is 2.20. The van der Waals surface area contributed by atoms with Gasteiger partial charge in [-0.15, -0.1) is 0 Å². The number of allylic oxidation sites excluding steroid dienone is 2. The summed E-state index contributed by atoms with van der Waals surface area (Å²) in [6, 6.07) is 5.85. The van der Waals surface area contributed by atoms with Gasteiger partial charge in [0.05, 0.1) is 0 Å². The minimum Gasteiger partial charge on any atom is -0.385 e. The van der Waals surface area contributed by atoms with Gasteiger partial charge in [0.15, 0.2) is 5.78 Å². The molecule has 0 saturated carbocycles. The lowest BCUT2D eigenvalue weighted by atomic mass is 10.0. The third kappa shape index (κ3) is 2.69. The van der Waals surface area contributed by atoms with Gasteiger partial charge in [0.25, 0.3) is 0 Å². The number of aryl methyl sites for hydroxylation is 1. The van der Waals surface area contributed by atoms with E-state index < -0.39 is 0 Å². The average Bonchev–Trinajstić information content (AvgIpc) is 2.18. The van der Waals surface area contributed by atoms with Crippen molar-refractivity contribution in [3.05, 3.63) is 41.5 Å². The molecular weight excluding hydrogens is 186 g/mol. The maximum atomic E-state index is 11.8. The number of carbonyl (C=O) groups excluding carboxylic acids is 1. The lowest BCUT2D eigenvalue weighted by Crippen LogP contribution is -2.06. The summed E-state index contributed by atoms with van der Waals surface area (Å²) in [5.41, 5.74) is 2.70. The summed E-state index contributed by atoms with van der Waals surface area (Å²) in [6.07, 6.45) is 3.37. The largest absolute Gasteiger partial charge is 0.385 e. The second-order valence-electron chi connectivity index (χ2n) is 3.39. The fraction of sp³-hybridized carbons (Fsp3) is 0.308. The molecule has 1 N–H and O–H groups in total. The van der Waals surface area contributed by atoms with E-state index in [0.29, 0.717) is 0 Å². The highest BCUT2D eigenvalue weighted by molar-refractivity contribution is 6.09. The van der Waals surface area contributed by atoms with E-state index in [1.54, 1.807) is 12.2 Å². The lowest BCUT2D eigenvalue weighted by Gasteiger charge is -2.10. The van der Waals surface area contributed by atoms with Crippen LogP contribution in [0.15, 0.2) is 30.4 Å². The van der Waals surface area contributed by atoms with Gasteiger partial charge >= 0.3 is 0 Å². The first-order chi connectivity index (χ1) is 7.20. The van der Waals surface area contributed by atoms with Crippen molar-refractivity contribution in [2.45, 2.75) is 20.8 Å². The van der Waals surface area contributed by atoms with Crippen LogP contribution in [0.3, 0.4) is 0 Å². The molecule has 0 unspecified atom stereocenters. The Morgan fingerprint density at radius 2 is 2.20 bits per heavy atom. The van der Waals surface area contributed by atoms with Crippen molar-refractivity contribution in [2.24, 2.45) is 0 Å². The molecule has 0 aliphatic rings. The molecule has 15 heavy (non-hydrogen) atoms. The molecule has 0 fully saturated rings. The number of hydrogen-bond acceptors (Lipinski definition) is 2. The summed E-state index contributed by atoms with van der Waals surface area (Å²) in [5.74, 6) is 0.0616. The summed E-state index contributed by atoms with van der Waals surface area (Å²) < 4.78 is 0. The van der Waals surface area contributed by atoms with Crippen LogP contribution < -0.4 is 5.32 Å². The van der Waals surface area contributed by atoms with Gasteiger partial charge < -0.3 is 5.32 Å². The van der Waals surface area contributed by atoms with Crippen molar-refractivity contribution in [3.63, 3.8) is 0 Å². The van der Waals surface area contributed by atoms with Gasteiger partial charge in [0.1, 0.15) is 0 Å². The van der Waals surface area contributed by atoms with Gasteiger partial charge in [0, 0.05) is 17.8 Å². The molecule has 0 amide bonds. The van der Waals surface area contributed by atoms with E-state index in [0.717, 1.165) is 23.4 Å². The van der Waals surface area contributed by atoms with E-state index in [9.17, 15) is 4.79 Å². The normalized spacial score (nSPS) is 10.6. The predicted molar refractivity (Wildman–Crippen MR) is 64.5 cm³/mol. The summed E-state index contributed by atoms with van der Waals surface area (Å²) in [5, 5.41) is 3.20. The van der Waals surface area contributed by atoms with Gasteiger partial charge in [-0.2, -0.15) is 0 Å². The van der Waals surface area contributed by atoms with Gasteiger partial charge in [-0.1, -0.05) is 18.2 Å². The first kappa shape index (κ1) is 11.5. The number of rotatable bonds is 4. The fourth-order valence-electron chi connectivity index (χ4n) is 1.57. The molecule has 1 aromatic carbocycles. The zero-order chi connectivity index (χ0) is 11.3. The minimum atomic E-state index is 0.0616. The molecule has 0 bridgehead atoms. The van der Waals surface area contributed by atoms with Crippen LogP contribution >= 0.6 is 0 Å². The van der Waals surface area contributed by atoms with Crippen LogP contribution in [-0.4, -0.2) is 12.3 Å². The Labute approximate surface area is 91.0 Å². The quantitative estimate of drug-likeness (QED) is 0.601.